The molecule has 0 bridgehead atoms. The average Bonchev–Trinajstić information content (AvgIpc) is 3.26. The summed E-state index contributed by atoms with van der Waals surface area (Å²) in [6.07, 6.45) is 3.38. The lowest BCUT2D eigenvalue weighted by molar-refractivity contribution is 0.0746. The maximum atomic E-state index is 13.0. The van der Waals surface area contributed by atoms with Gasteiger partial charge in [0, 0.05) is 31.7 Å². The standard InChI is InChI=1S/C25H31N3O2S/c1-4-5-6-16-30-21-9-7-8-20(17-21)24(29)27-12-14-28(15-13-27)25-26-22-18(2)10-11-19(3)23(22)31-25/h7-11,17H,4-6,12-16H2,1-3H3. The monoisotopic (exact) mass is 437 g/mol. The van der Waals surface area contributed by atoms with Gasteiger partial charge in [0.25, 0.3) is 5.91 Å². The van der Waals surface area contributed by atoms with Gasteiger partial charge in [-0.25, -0.2) is 4.98 Å². The summed E-state index contributed by atoms with van der Waals surface area (Å²) in [6.45, 7) is 10.1. The number of carbonyl (C=O) groups excluding carboxylic acids is 1. The first-order chi connectivity index (χ1) is 15.1. The summed E-state index contributed by atoms with van der Waals surface area (Å²) in [5.41, 5.74) is 4.30. The normalized spacial score (nSPS) is 14.3. The van der Waals surface area contributed by atoms with Crippen molar-refractivity contribution in [2.24, 2.45) is 0 Å². The molecule has 1 fully saturated rings. The number of aromatic nitrogens is 1. The molecule has 0 saturated carbocycles. The number of hydrogen-bond acceptors (Lipinski definition) is 5. The summed E-state index contributed by atoms with van der Waals surface area (Å²) >= 11 is 1.76. The van der Waals surface area contributed by atoms with Crippen LogP contribution < -0.4 is 9.64 Å². The minimum atomic E-state index is 0.0784. The third-order valence-electron chi connectivity index (χ3n) is 5.87. The van der Waals surface area contributed by atoms with Gasteiger partial charge in [-0.1, -0.05) is 49.3 Å². The van der Waals surface area contributed by atoms with Gasteiger partial charge in [-0.2, -0.15) is 0 Å². The first kappa shape index (κ1) is 21.6. The number of nitrogens with zero attached hydrogens (tertiary/aromatic N) is 3. The fourth-order valence-electron chi connectivity index (χ4n) is 3.93. The molecule has 1 aromatic heterocycles. The summed E-state index contributed by atoms with van der Waals surface area (Å²) in [7, 11) is 0. The second-order valence-electron chi connectivity index (χ2n) is 8.24. The number of hydrogen-bond donors (Lipinski definition) is 0. The fraction of sp³-hybridized carbons (Fsp3) is 0.440. The highest BCUT2D eigenvalue weighted by molar-refractivity contribution is 7.22. The molecule has 1 saturated heterocycles. The van der Waals surface area contributed by atoms with Crippen LogP contribution in [0.15, 0.2) is 36.4 Å². The molecule has 0 aliphatic carbocycles. The van der Waals surface area contributed by atoms with E-state index in [1.54, 1.807) is 11.3 Å². The third kappa shape index (κ3) is 4.85. The topological polar surface area (TPSA) is 45.7 Å². The molecular formula is C25H31N3O2S. The van der Waals surface area contributed by atoms with Gasteiger partial charge in [-0.05, 0) is 49.6 Å². The summed E-state index contributed by atoms with van der Waals surface area (Å²) in [5.74, 6) is 0.857. The van der Waals surface area contributed by atoms with Crippen molar-refractivity contribution in [3.63, 3.8) is 0 Å². The highest BCUT2D eigenvalue weighted by Crippen LogP contribution is 2.33. The van der Waals surface area contributed by atoms with E-state index in [0.29, 0.717) is 25.3 Å². The van der Waals surface area contributed by atoms with Gasteiger partial charge in [-0.3, -0.25) is 4.79 Å². The number of carbonyl (C=O) groups is 1. The van der Waals surface area contributed by atoms with E-state index in [4.69, 9.17) is 9.72 Å². The minimum Gasteiger partial charge on any atom is -0.494 e. The second kappa shape index (κ2) is 9.69. The second-order valence-corrected chi connectivity index (χ2v) is 9.21. The molecule has 2 aromatic carbocycles. The summed E-state index contributed by atoms with van der Waals surface area (Å²) in [5, 5.41) is 1.06. The lowest BCUT2D eigenvalue weighted by atomic mass is 10.1. The Morgan fingerprint density at radius 1 is 1.06 bits per heavy atom. The molecule has 1 amide bonds. The molecule has 3 aromatic rings. The lowest BCUT2D eigenvalue weighted by Gasteiger charge is -2.34. The summed E-state index contributed by atoms with van der Waals surface area (Å²) in [6, 6.07) is 11.9. The minimum absolute atomic E-state index is 0.0784. The number of thiazole rings is 1. The van der Waals surface area contributed by atoms with Gasteiger partial charge in [0.1, 0.15) is 5.75 Å². The SMILES string of the molecule is CCCCCOc1cccc(C(=O)N2CCN(c3nc4c(C)ccc(C)c4s3)CC2)c1. The molecule has 5 nitrogen and oxygen atoms in total. The van der Waals surface area contributed by atoms with Crippen LogP contribution in [0.25, 0.3) is 10.2 Å². The van der Waals surface area contributed by atoms with E-state index in [1.807, 2.05) is 29.2 Å². The number of amides is 1. The van der Waals surface area contributed by atoms with Gasteiger partial charge in [0.15, 0.2) is 5.13 Å². The zero-order chi connectivity index (χ0) is 21.8. The smallest absolute Gasteiger partial charge is 0.254 e. The predicted octanol–water partition coefficient (Wildman–Crippen LogP) is 5.44. The number of rotatable bonds is 7. The Kier molecular flexibility index (Phi) is 6.76. The maximum absolute atomic E-state index is 13.0. The molecule has 6 heteroatoms. The van der Waals surface area contributed by atoms with Crippen LogP contribution in [-0.2, 0) is 0 Å². The average molecular weight is 438 g/mol. The summed E-state index contributed by atoms with van der Waals surface area (Å²) < 4.78 is 7.09. The van der Waals surface area contributed by atoms with E-state index in [0.717, 1.165) is 42.3 Å². The van der Waals surface area contributed by atoms with Crippen LogP contribution in [0, 0.1) is 13.8 Å². The Bertz CT molecular complexity index is 1020. The van der Waals surface area contributed by atoms with Crippen LogP contribution in [0.1, 0.15) is 47.7 Å². The van der Waals surface area contributed by atoms with Gasteiger partial charge in [0.2, 0.25) is 0 Å². The van der Waals surface area contributed by atoms with E-state index in [-0.39, 0.29) is 5.91 Å². The highest BCUT2D eigenvalue weighted by Gasteiger charge is 2.24. The third-order valence-corrected chi connectivity index (χ3v) is 7.12. The molecule has 31 heavy (non-hydrogen) atoms. The van der Waals surface area contributed by atoms with Crippen LogP contribution in [0.4, 0.5) is 5.13 Å². The molecule has 0 N–H and O–H groups in total. The maximum Gasteiger partial charge on any atom is 0.254 e. The molecular weight excluding hydrogens is 406 g/mol. The van der Waals surface area contributed by atoms with Crippen molar-refractivity contribution < 1.29 is 9.53 Å². The quantitative estimate of drug-likeness (QED) is 0.462. The molecule has 4 rings (SSSR count). The number of aryl methyl sites for hydroxylation is 2. The molecule has 0 atom stereocenters. The van der Waals surface area contributed by atoms with Crippen molar-refractivity contribution in [3.8, 4) is 5.75 Å². The Balaban J connectivity index is 1.38. The van der Waals surface area contributed by atoms with Gasteiger partial charge >= 0.3 is 0 Å². The van der Waals surface area contributed by atoms with Crippen molar-refractivity contribution >= 4 is 32.6 Å². The number of piperazine rings is 1. The Hall–Kier alpha value is -2.60. The van der Waals surface area contributed by atoms with Gasteiger partial charge in [-0.15, -0.1) is 0 Å². The molecule has 0 radical (unpaired) electrons. The van der Waals surface area contributed by atoms with Crippen molar-refractivity contribution in [3.05, 3.63) is 53.1 Å². The zero-order valence-corrected chi connectivity index (χ0v) is 19.5. The van der Waals surface area contributed by atoms with Gasteiger partial charge in [0.05, 0.1) is 16.8 Å². The fourth-order valence-corrected chi connectivity index (χ4v) is 5.09. The first-order valence-electron chi connectivity index (χ1n) is 11.2. The van der Waals surface area contributed by atoms with E-state index in [1.165, 1.54) is 22.2 Å². The molecule has 0 unspecified atom stereocenters. The van der Waals surface area contributed by atoms with Crippen molar-refractivity contribution in [1.82, 2.24) is 9.88 Å². The van der Waals surface area contributed by atoms with Crippen LogP contribution in [0.5, 0.6) is 5.75 Å². The van der Waals surface area contributed by atoms with Crippen molar-refractivity contribution in [2.75, 3.05) is 37.7 Å². The largest absolute Gasteiger partial charge is 0.494 e. The van der Waals surface area contributed by atoms with Crippen LogP contribution in [0.2, 0.25) is 0 Å². The Morgan fingerprint density at radius 2 is 1.84 bits per heavy atom. The van der Waals surface area contributed by atoms with Crippen LogP contribution in [0.3, 0.4) is 0 Å². The number of anilines is 1. The van der Waals surface area contributed by atoms with Crippen LogP contribution in [-0.4, -0.2) is 48.6 Å². The number of benzene rings is 2. The highest BCUT2D eigenvalue weighted by atomic mass is 32.1. The van der Waals surface area contributed by atoms with Crippen LogP contribution >= 0.6 is 11.3 Å². The van der Waals surface area contributed by atoms with E-state index in [2.05, 4.69) is 37.8 Å². The number of fused-ring (bicyclic) bond motifs is 1. The first-order valence-corrected chi connectivity index (χ1v) is 12.0. The molecule has 1 aliphatic rings. The zero-order valence-electron chi connectivity index (χ0n) is 18.7. The number of ether oxygens (including phenoxy) is 1. The lowest BCUT2D eigenvalue weighted by Crippen LogP contribution is -2.48. The van der Waals surface area contributed by atoms with Gasteiger partial charge < -0.3 is 14.5 Å². The number of unbranched alkanes of at least 4 members (excludes halogenated alkanes) is 2. The molecule has 164 valence electrons. The van der Waals surface area contributed by atoms with Crippen molar-refractivity contribution in [1.29, 1.82) is 0 Å². The predicted molar refractivity (Wildman–Crippen MR) is 129 cm³/mol. The van der Waals surface area contributed by atoms with E-state index < -0.39 is 0 Å². The van der Waals surface area contributed by atoms with E-state index in [9.17, 15) is 4.79 Å². The summed E-state index contributed by atoms with van der Waals surface area (Å²) in [4.78, 5) is 22.2. The molecule has 2 heterocycles. The van der Waals surface area contributed by atoms with Crippen molar-refractivity contribution in [2.45, 2.75) is 40.0 Å². The Morgan fingerprint density at radius 3 is 2.58 bits per heavy atom. The molecule has 0 spiro atoms. The Labute approximate surface area is 188 Å². The van der Waals surface area contributed by atoms with E-state index >= 15 is 0 Å². The molecule has 1 aliphatic heterocycles.